The van der Waals surface area contributed by atoms with Crippen molar-refractivity contribution in [3.63, 3.8) is 0 Å². The Morgan fingerprint density at radius 1 is 1.29 bits per heavy atom. The van der Waals surface area contributed by atoms with Gasteiger partial charge in [0, 0.05) is 13.1 Å². The Morgan fingerprint density at radius 2 is 1.95 bits per heavy atom. The molecule has 0 bridgehead atoms. The van der Waals surface area contributed by atoms with Crippen LogP contribution in [-0.4, -0.2) is 30.5 Å². The third-order valence-electron chi connectivity index (χ3n) is 3.36. The minimum absolute atomic E-state index is 0.0301. The number of benzene rings is 1. The van der Waals surface area contributed by atoms with E-state index >= 15 is 0 Å². The van der Waals surface area contributed by atoms with Gasteiger partial charge in [-0.3, -0.25) is 4.79 Å². The number of hydrogen-bond donors (Lipinski definition) is 0. The number of hydrogen-bond acceptors (Lipinski definition) is 4. The largest absolute Gasteiger partial charge is 0.461 e. The van der Waals surface area contributed by atoms with E-state index in [-0.39, 0.29) is 17.8 Å². The minimum Gasteiger partial charge on any atom is -0.461 e. The molecule has 0 saturated carbocycles. The summed E-state index contributed by atoms with van der Waals surface area (Å²) in [5.74, 6) is -0.418. The Hall–Kier alpha value is -1.86. The van der Waals surface area contributed by atoms with E-state index in [1.807, 2.05) is 51.1 Å². The lowest BCUT2D eigenvalue weighted by Crippen LogP contribution is -2.35. The van der Waals surface area contributed by atoms with Crippen molar-refractivity contribution in [1.29, 1.82) is 5.26 Å². The quantitative estimate of drug-likeness (QED) is 0.690. The molecule has 0 aliphatic carbocycles. The monoisotopic (exact) mass is 288 g/mol. The number of nitrogens with zero attached hydrogens (tertiary/aromatic N) is 2. The van der Waals surface area contributed by atoms with Crippen LogP contribution in [0.5, 0.6) is 0 Å². The van der Waals surface area contributed by atoms with E-state index in [0.717, 1.165) is 12.1 Å². The molecule has 0 radical (unpaired) electrons. The lowest BCUT2D eigenvalue weighted by molar-refractivity contribution is -0.149. The molecule has 0 aromatic heterocycles. The van der Waals surface area contributed by atoms with Crippen LogP contribution in [0.15, 0.2) is 30.3 Å². The zero-order valence-electron chi connectivity index (χ0n) is 13.1. The van der Waals surface area contributed by atoms with Gasteiger partial charge in [-0.05, 0) is 19.0 Å². The average Bonchev–Trinajstić information content (AvgIpc) is 2.52. The molecule has 0 fully saturated rings. The second kappa shape index (κ2) is 9.15. The lowest BCUT2D eigenvalue weighted by Gasteiger charge is -2.24. The topological polar surface area (TPSA) is 53.3 Å². The number of rotatable bonds is 8. The van der Waals surface area contributed by atoms with Crippen LogP contribution in [0.3, 0.4) is 0 Å². The summed E-state index contributed by atoms with van der Waals surface area (Å²) < 4.78 is 5.34. The Morgan fingerprint density at radius 3 is 2.52 bits per heavy atom. The normalized spacial score (nSPS) is 13.5. The van der Waals surface area contributed by atoms with Gasteiger partial charge in [-0.25, -0.2) is 0 Å². The summed E-state index contributed by atoms with van der Waals surface area (Å²) >= 11 is 0. The first-order valence-corrected chi connectivity index (χ1v) is 7.39. The highest BCUT2D eigenvalue weighted by Crippen LogP contribution is 2.08. The summed E-state index contributed by atoms with van der Waals surface area (Å²) in [6.07, 6.45) is 0. The predicted molar refractivity (Wildman–Crippen MR) is 82.3 cm³/mol. The smallest absolute Gasteiger partial charge is 0.310 e. The van der Waals surface area contributed by atoms with Crippen molar-refractivity contribution >= 4 is 5.97 Å². The molecule has 0 amide bonds. The number of ether oxygens (including phenoxy) is 1. The maximum atomic E-state index is 12.0. The number of esters is 1. The molecule has 2 atom stereocenters. The first-order valence-electron chi connectivity index (χ1n) is 7.39. The van der Waals surface area contributed by atoms with Crippen molar-refractivity contribution in [2.24, 2.45) is 11.8 Å². The molecule has 0 heterocycles. The summed E-state index contributed by atoms with van der Waals surface area (Å²) in [5, 5.41) is 8.86. The molecule has 0 aliphatic rings. The fourth-order valence-electron chi connectivity index (χ4n) is 2.09. The first-order chi connectivity index (χ1) is 10.1. The minimum atomic E-state index is -0.195. The first kappa shape index (κ1) is 17.2. The molecular weight excluding hydrogens is 264 g/mol. The third-order valence-corrected chi connectivity index (χ3v) is 3.36. The van der Waals surface area contributed by atoms with Crippen molar-refractivity contribution in [1.82, 2.24) is 4.90 Å². The van der Waals surface area contributed by atoms with Crippen LogP contribution in [0.4, 0.5) is 0 Å². The van der Waals surface area contributed by atoms with Crippen LogP contribution in [-0.2, 0) is 16.1 Å². The number of nitriles is 1. The van der Waals surface area contributed by atoms with Gasteiger partial charge in [0.25, 0.3) is 0 Å². The highest BCUT2D eigenvalue weighted by Gasteiger charge is 2.19. The predicted octanol–water partition coefficient (Wildman–Crippen LogP) is 2.85. The Bertz CT molecular complexity index is 467. The number of carbonyl (C=O) groups is 1. The Labute approximate surface area is 127 Å². The molecule has 0 spiro atoms. The molecule has 1 aromatic rings. The van der Waals surface area contributed by atoms with Crippen molar-refractivity contribution < 1.29 is 9.53 Å². The summed E-state index contributed by atoms with van der Waals surface area (Å²) in [7, 11) is 0. The molecule has 0 aliphatic heterocycles. The number of carbonyl (C=O) groups excluding carboxylic acids is 1. The van der Waals surface area contributed by atoms with E-state index in [2.05, 4.69) is 11.0 Å². The summed E-state index contributed by atoms with van der Waals surface area (Å²) in [5.41, 5.74) is 0.989. The van der Waals surface area contributed by atoms with Gasteiger partial charge >= 0.3 is 5.97 Å². The zero-order chi connectivity index (χ0) is 15.7. The molecule has 4 heteroatoms. The van der Waals surface area contributed by atoms with Gasteiger partial charge in [0.05, 0.1) is 17.9 Å². The van der Waals surface area contributed by atoms with Crippen molar-refractivity contribution in [3.8, 4) is 6.07 Å². The van der Waals surface area contributed by atoms with Crippen molar-refractivity contribution in [2.75, 3.05) is 19.6 Å². The van der Waals surface area contributed by atoms with Gasteiger partial charge in [-0.15, -0.1) is 0 Å². The fraction of sp³-hybridized carbons (Fsp3) is 0.529. The molecular formula is C17H24N2O2. The fourth-order valence-corrected chi connectivity index (χ4v) is 2.09. The zero-order valence-corrected chi connectivity index (χ0v) is 13.1. The summed E-state index contributed by atoms with van der Waals surface area (Å²) in [4.78, 5) is 14.1. The van der Waals surface area contributed by atoms with Gasteiger partial charge in [0.15, 0.2) is 0 Å². The molecule has 2 unspecified atom stereocenters. The highest BCUT2D eigenvalue weighted by molar-refractivity contribution is 5.72. The standard InChI is InChI=1S/C17H24N2O2/c1-4-19(11-14(2)10-18)12-15(3)17(20)21-13-16-8-6-5-7-9-16/h5-9,14-15H,4,11-13H2,1-3H3. The van der Waals surface area contributed by atoms with Gasteiger partial charge in [-0.1, -0.05) is 44.2 Å². The van der Waals surface area contributed by atoms with Gasteiger partial charge in [-0.2, -0.15) is 5.26 Å². The molecule has 1 rings (SSSR count). The molecule has 1 aromatic carbocycles. The van der Waals surface area contributed by atoms with Crippen LogP contribution in [0, 0.1) is 23.2 Å². The highest BCUT2D eigenvalue weighted by atomic mass is 16.5. The molecule has 4 nitrogen and oxygen atoms in total. The summed E-state index contributed by atoms with van der Waals surface area (Å²) in [6, 6.07) is 11.9. The second-order valence-corrected chi connectivity index (χ2v) is 5.38. The Balaban J connectivity index is 2.41. The van der Waals surface area contributed by atoms with Gasteiger partial charge in [0.2, 0.25) is 0 Å². The summed E-state index contributed by atoms with van der Waals surface area (Å²) in [6.45, 7) is 8.23. The van der Waals surface area contributed by atoms with E-state index in [4.69, 9.17) is 10.00 Å². The van der Waals surface area contributed by atoms with E-state index in [0.29, 0.717) is 19.7 Å². The molecule has 21 heavy (non-hydrogen) atoms. The van der Waals surface area contributed by atoms with E-state index < -0.39 is 0 Å². The maximum Gasteiger partial charge on any atom is 0.310 e. The maximum absolute atomic E-state index is 12.0. The van der Waals surface area contributed by atoms with Gasteiger partial charge < -0.3 is 9.64 Å². The van der Waals surface area contributed by atoms with E-state index in [9.17, 15) is 4.79 Å². The van der Waals surface area contributed by atoms with E-state index in [1.165, 1.54) is 0 Å². The average molecular weight is 288 g/mol. The molecule has 114 valence electrons. The van der Waals surface area contributed by atoms with Crippen LogP contribution >= 0.6 is 0 Å². The van der Waals surface area contributed by atoms with E-state index in [1.54, 1.807) is 0 Å². The van der Waals surface area contributed by atoms with Crippen LogP contribution in [0.2, 0.25) is 0 Å². The molecule has 0 N–H and O–H groups in total. The van der Waals surface area contributed by atoms with Crippen LogP contribution in [0.1, 0.15) is 26.3 Å². The van der Waals surface area contributed by atoms with Gasteiger partial charge in [0.1, 0.15) is 6.61 Å². The molecule has 0 saturated heterocycles. The van der Waals surface area contributed by atoms with Crippen LogP contribution in [0.25, 0.3) is 0 Å². The van der Waals surface area contributed by atoms with Crippen molar-refractivity contribution in [2.45, 2.75) is 27.4 Å². The van der Waals surface area contributed by atoms with Crippen LogP contribution < -0.4 is 0 Å². The second-order valence-electron chi connectivity index (χ2n) is 5.38. The van der Waals surface area contributed by atoms with Crippen molar-refractivity contribution in [3.05, 3.63) is 35.9 Å². The Kier molecular flexibility index (Phi) is 7.49. The lowest BCUT2D eigenvalue weighted by atomic mass is 10.1. The SMILES string of the molecule is CCN(CC(C)C#N)CC(C)C(=O)OCc1ccccc1. The third kappa shape index (κ3) is 6.42.